The molecule has 4 nitrogen and oxygen atoms in total. The summed E-state index contributed by atoms with van der Waals surface area (Å²) in [6.45, 7) is 8.89. The summed E-state index contributed by atoms with van der Waals surface area (Å²) in [5, 5.41) is 0. The SMILES string of the molecule is CCC(c1ccc(C)c(COCc2ccc(OC)cc2)c1)c1ccc(C2(C)OCCO2)s1. The first-order valence-corrected chi connectivity index (χ1v) is 12.0. The standard InChI is InChI=1S/C27H32O4S/c1-5-24(25-12-13-26(32-25)27(3)30-14-15-31-27)21-9-6-19(2)22(16-21)18-29-17-20-7-10-23(28-4)11-8-20/h6-13,16,24H,5,14-15,17-18H2,1-4H3. The van der Waals surface area contributed by atoms with E-state index in [2.05, 4.69) is 44.2 Å². The van der Waals surface area contributed by atoms with Crippen molar-refractivity contribution < 1.29 is 18.9 Å². The Kier molecular flexibility index (Phi) is 7.31. The van der Waals surface area contributed by atoms with Crippen LogP contribution < -0.4 is 4.74 Å². The van der Waals surface area contributed by atoms with Gasteiger partial charge in [0.15, 0.2) is 0 Å². The molecule has 1 unspecified atom stereocenters. The monoisotopic (exact) mass is 452 g/mol. The highest BCUT2D eigenvalue weighted by Crippen LogP contribution is 2.40. The lowest BCUT2D eigenvalue weighted by Crippen LogP contribution is -2.20. The molecule has 0 saturated carbocycles. The average Bonchev–Trinajstić information content (AvgIpc) is 3.47. The maximum atomic E-state index is 6.05. The Morgan fingerprint density at radius 3 is 2.44 bits per heavy atom. The predicted molar refractivity (Wildman–Crippen MR) is 128 cm³/mol. The smallest absolute Gasteiger partial charge is 0.201 e. The minimum Gasteiger partial charge on any atom is -0.497 e. The van der Waals surface area contributed by atoms with Gasteiger partial charge in [0.1, 0.15) is 5.75 Å². The molecule has 1 saturated heterocycles. The number of benzene rings is 2. The zero-order valence-corrected chi connectivity index (χ0v) is 20.2. The van der Waals surface area contributed by atoms with E-state index in [1.54, 1.807) is 18.4 Å². The van der Waals surface area contributed by atoms with Crippen molar-refractivity contribution in [1.29, 1.82) is 0 Å². The number of ether oxygens (including phenoxy) is 4. The van der Waals surface area contributed by atoms with Gasteiger partial charge >= 0.3 is 0 Å². The van der Waals surface area contributed by atoms with Crippen LogP contribution in [0.3, 0.4) is 0 Å². The number of methoxy groups -OCH3 is 1. The van der Waals surface area contributed by atoms with E-state index in [4.69, 9.17) is 18.9 Å². The normalized spacial score (nSPS) is 16.2. The molecular formula is C27H32O4S. The second-order valence-corrected chi connectivity index (χ2v) is 9.45. The molecule has 0 spiro atoms. The third-order valence-corrected chi connectivity index (χ3v) is 7.51. The molecule has 1 atom stereocenters. The molecule has 0 N–H and O–H groups in total. The van der Waals surface area contributed by atoms with Gasteiger partial charge < -0.3 is 18.9 Å². The van der Waals surface area contributed by atoms with E-state index < -0.39 is 5.79 Å². The van der Waals surface area contributed by atoms with Gasteiger partial charge in [0, 0.05) is 10.8 Å². The molecule has 0 bridgehead atoms. The van der Waals surface area contributed by atoms with Crippen LogP contribution in [0.25, 0.3) is 0 Å². The fourth-order valence-electron chi connectivity index (χ4n) is 4.11. The molecule has 1 aliphatic rings. The maximum Gasteiger partial charge on any atom is 0.201 e. The molecule has 32 heavy (non-hydrogen) atoms. The van der Waals surface area contributed by atoms with Gasteiger partial charge in [-0.3, -0.25) is 0 Å². The van der Waals surface area contributed by atoms with Gasteiger partial charge in [-0.1, -0.05) is 37.3 Å². The summed E-state index contributed by atoms with van der Waals surface area (Å²) in [4.78, 5) is 2.48. The van der Waals surface area contributed by atoms with Crippen molar-refractivity contribution in [2.75, 3.05) is 20.3 Å². The molecule has 4 rings (SSSR count). The van der Waals surface area contributed by atoms with Gasteiger partial charge in [-0.15, -0.1) is 11.3 Å². The van der Waals surface area contributed by atoms with E-state index >= 15 is 0 Å². The van der Waals surface area contributed by atoms with E-state index in [0.29, 0.717) is 32.3 Å². The van der Waals surface area contributed by atoms with Gasteiger partial charge in [0.05, 0.1) is 38.4 Å². The molecule has 1 aliphatic heterocycles. The minimum absolute atomic E-state index is 0.347. The first kappa shape index (κ1) is 23.0. The zero-order valence-electron chi connectivity index (χ0n) is 19.4. The van der Waals surface area contributed by atoms with E-state index in [1.807, 2.05) is 31.2 Å². The summed E-state index contributed by atoms with van der Waals surface area (Å²) >= 11 is 1.79. The van der Waals surface area contributed by atoms with Crippen LogP contribution in [0.2, 0.25) is 0 Å². The van der Waals surface area contributed by atoms with E-state index in [0.717, 1.165) is 22.6 Å². The third kappa shape index (κ3) is 5.07. The summed E-state index contributed by atoms with van der Waals surface area (Å²) < 4.78 is 23.0. The zero-order chi connectivity index (χ0) is 22.6. The Bertz CT molecular complexity index is 1020. The van der Waals surface area contributed by atoms with Crippen molar-refractivity contribution in [1.82, 2.24) is 0 Å². The van der Waals surface area contributed by atoms with Crippen LogP contribution in [0.4, 0.5) is 0 Å². The molecule has 170 valence electrons. The minimum atomic E-state index is -0.602. The summed E-state index contributed by atoms with van der Waals surface area (Å²) in [6.07, 6.45) is 1.04. The topological polar surface area (TPSA) is 36.9 Å². The van der Waals surface area contributed by atoms with Crippen molar-refractivity contribution >= 4 is 11.3 Å². The molecule has 5 heteroatoms. The Morgan fingerprint density at radius 1 is 1.00 bits per heavy atom. The maximum absolute atomic E-state index is 6.05. The van der Waals surface area contributed by atoms with Crippen molar-refractivity contribution in [2.45, 2.75) is 52.1 Å². The molecule has 0 amide bonds. The van der Waals surface area contributed by atoms with Crippen LogP contribution in [-0.4, -0.2) is 20.3 Å². The van der Waals surface area contributed by atoms with Crippen LogP contribution in [0.15, 0.2) is 54.6 Å². The second kappa shape index (κ2) is 10.2. The quantitative estimate of drug-likeness (QED) is 0.369. The first-order valence-electron chi connectivity index (χ1n) is 11.2. The number of rotatable bonds is 9. The van der Waals surface area contributed by atoms with Crippen molar-refractivity contribution in [3.63, 3.8) is 0 Å². The molecule has 0 aliphatic carbocycles. The molecule has 3 aromatic rings. The third-order valence-electron chi connectivity index (χ3n) is 6.13. The van der Waals surface area contributed by atoms with Crippen LogP contribution in [0.1, 0.15) is 58.2 Å². The average molecular weight is 453 g/mol. The van der Waals surface area contributed by atoms with Gasteiger partial charge in [-0.2, -0.15) is 0 Å². The van der Waals surface area contributed by atoms with Gasteiger partial charge in [-0.05, 0) is 66.8 Å². The highest BCUT2D eigenvalue weighted by molar-refractivity contribution is 7.12. The molecule has 1 aromatic heterocycles. The number of thiophene rings is 1. The summed E-state index contributed by atoms with van der Waals surface area (Å²) in [5.41, 5.74) is 4.96. The van der Waals surface area contributed by atoms with E-state index in [9.17, 15) is 0 Å². The molecule has 2 aromatic carbocycles. The molecular weight excluding hydrogens is 420 g/mol. The second-order valence-electron chi connectivity index (χ2n) is 8.33. The Labute approximate surface area is 195 Å². The fourth-order valence-corrected chi connectivity index (χ4v) is 5.38. The van der Waals surface area contributed by atoms with Crippen molar-refractivity contribution in [2.24, 2.45) is 0 Å². The summed E-state index contributed by atoms with van der Waals surface area (Å²) in [6, 6.07) is 19.2. The molecule has 1 fully saturated rings. The Morgan fingerprint density at radius 2 is 1.75 bits per heavy atom. The van der Waals surface area contributed by atoms with Crippen molar-refractivity contribution in [3.05, 3.63) is 86.6 Å². The van der Waals surface area contributed by atoms with Crippen LogP contribution >= 0.6 is 11.3 Å². The van der Waals surface area contributed by atoms with Crippen LogP contribution in [-0.2, 0) is 33.2 Å². The molecule has 2 heterocycles. The number of aryl methyl sites for hydroxylation is 1. The number of hydrogen-bond acceptors (Lipinski definition) is 5. The lowest BCUT2D eigenvalue weighted by atomic mass is 9.92. The Balaban J connectivity index is 1.46. The lowest BCUT2D eigenvalue weighted by Gasteiger charge is -2.21. The predicted octanol–water partition coefficient (Wildman–Crippen LogP) is 6.54. The number of hydrogen-bond donors (Lipinski definition) is 0. The lowest BCUT2D eigenvalue weighted by molar-refractivity contribution is -0.146. The molecule has 0 radical (unpaired) electrons. The highest BCUT2D eigenvalue weighted by atomic mass is 32.1. The summed E-state index contributed by atoms with van der Waals surface area (Å²) in [7, 11) is 1.68. The van der Waals surface area contributed by atoms with Crippen LogP contribution in [0.5, 0.6) is 5.75 Å². The van der Waals surface area contributed by atoms with E-state index in [1.165, 1.54) is 21.6 Å². The highest BCUT2D eigenvalue weighted by Gasteiger charge is 2.35. The fraction of sp³-hybridized carbons (Fsp3) is 0.407. The largest absolute Gasteiger partial charge is 0.497 e. The van der Waals surface area contributed by atoms with Crippen molar-refractivity contribution in [3.8, 4) is 5.75 Å². The van der Waals surface area contributed by atoms with Gasteiger partial charge in [0.2, 0.25) is 5.79 Å². The van der Waals surface area contributed by atoms with Gasteiger partial charge in [0.25, 0.3) is 0 Å². The summed E-state index contributed by atoms with van der Waals surface area (Å²) in [5.74, 6) is 0.606. The first-order chi connectivity index (χ1) is 15.5. The Hall–Kier alpha value is -2.18. The van der Waals surface area contributed by atoms with E-state index in [-0.39, 0.29) is 0 Å². The van der Waals surface area contributed by atoms with Crippen LogP contribution in [0, 0.1) is 6.92 Å². The van der Waals surface area contributed by atoms with Gasteiger partial charge in [-0.25, -0.2) is 0 Å².